The van der Waals surface area contributed by atoms with Gasteiger partial charge in [0.15, 0.2) is 0 Å². The first kappa shape index (κ1) is 19.0. The predicted octanol–water partition coefficient (Wildman–Crippen LogP) is 5.62. The predicted molar refractivity (Wildman–Crippen MR) is 111 cm³/mol. The zero-order valence-corrected chi connectivity index (χ0v) is 16.7. The fourth-order valence-electron chi connectivity index (χ4n) is 3.55. The Morgan fingerprint density at radius 1 is 1.08 bits per heavy atom. The second-order valence-electron chi connectivity index (χ2n) is 7.18. The largest absolute Gasteiger partial charge is 0.349 e. The van der Waals surface area contributed by atoms with Crippen LogP contribution in [0.4, 0.5) is 0 Å². The number of hydrogen-bond acceptors (Lipinski definition) is 2. The Morgan fingerprint density at radius 2 is 1.81 bits per heavy atom. The van der Waals surface area contributed by atoms with E-state index in [4.69, 9.17) is 0 Å². The van der Waals surface area contributed by atoms with E-state index in [2.05, 4.69) is 61.6 Å². The first-order valence-electron chi connectivity index (χ1n) is 9.76. The third-order valence-corrected chi connectivity index (χ3v) is 6.15. The van der Waals surface area contributed by atoms with Gasteiger partial charge >= 0.3 is 0 Å². The SMILES string of the molecule is CC[C@H](NC(=O)CCSc1ccc(C)cc1)c1ccc2c(c1)CCCC2. The minimum Gasteiger partial charge on any atom is -0.349 e. The summed E-state index contributed by atoms with van der Waals surface area (Å²) in [5, 5.41) is 3.23. The summed E-state index contributed by atoms with van der Waals surface area (Å²) in [6.07, 6.45) is 6.46. The van der Waals surface area contributed by atoms with Crippen molar-refractivity contribution in [3.8, 4) is 0 Å². The van der Waals surface area contributed by atoms with Gasteiger partial charge in [-0.05, 0) is 67.9 Å². The van der Waals surface area contributed by atoms with Crippen molar-refractivity contribution in [3.63, 3.8) is 0 Å². The van der Waals surface area contributed by atoms with Crippen LogP contribution in [0.3, 0.4) is 0 Å². The van der Waals surface area contributed by atoms with E-state index in [0.29, 0.717) is 6.42 Å². The monoisotopic (exact) mass is 367 g/mol. The van der Waals surface area contributed by atoms with Crippen molar-refractivity contribution in [1.82, 2.24) is 5.32 Å². The van der Waals surface area contributed by atoms with Crippen LogP contribution in [-0.2, 0) is 17.6 Å². The van der Waals surface area contributed by atoms with E-state index in [1.54, 1.807) is 11.8 Å². The number of amides is 1. The molecule has 0 bridgehead atoms. The van der Waals surface area contributed by atoms with E-state index < -0.39 is 0 Å². The van der Waals surface area contributed by atoms with Gasteiger partial charge in [0.1, 0.15) is 0 Å². The number of rotatable bonds is 7. The fraction of sp³-hybridized carbons (Fsp3) is 0.435. The number of thioether (sulfide) groups is 1. The van der Waals surface area contributed by atoms with Gasteiger partial charge in [0.05, 0.1) is 6.04 Å². The highest BCUT2D eigenvalue weighted by Crippen LogP contribution is 2.26. The molecule has 138 valence electrons. The molecule has 0 unspecified atom stereocenters. The molecule has 0 aliphatic heterocycles. The van der Waals surface area contributed by atoms with Gasteiger partial charge in [0.2, 0.25) is 5.91 Å². The number of hydrogen-bond donors (Lipinski definition) is 1. The highest BCUT2D eigenvalue weighted by atomic mass is 32.2. The average Bonchev–Trinajstić information content (AvgIpc) is 2.67. The van der Waals surface area contributed by atoms with E-state index in [9.17, 15) is 4.79 Å². The summed E-state index contributed by atoms with van der Waals surface area (Å²) >= 11 is 1.75. The minimum atomic E-state index is 0.124. The summed E-state index contributed by atoms with van der Waals surface area (Å²) in [4.78, 5) is 13.6. The summed E-state index contributed by atoms with van der Waals surface area (Å²) < 4.78 is 0. The van der Waals surface area contributed by atoms with E-state index in [0.717, 1.165) is 12.2 Å². The lowest BCUT2D eigenvalue weighted by Crippen LogP contribution is -2.28. The Labute approximate surface area is 161 Å². The molecule has 1 aliphatic carbocycles. The molecule has 26 heavy (non-hydrogen) atoms. The summed E-state index contributed by atoms with van der Waals surface area (Å²) in [5.41, 5.74) is 5.50. The number of carbonyl (C=O) groups excluding carboxylic acids is 1. The molecule has 2 nitrogen and oxygen atoms in total. The summed E-state index contributed by atoms with van der Waals surface area (Å²) in [7, 11) is 0. The quantitative estimate of drug-likeness (QED) is 0.643. The molecule has 1 aliphatic rings. The molecule has 1 amide bonds. The van der Waals surface area contributed by atoms with Crippen LogP contribution in [0, 0.1) is 6.92 Å². The maximum absolute atomic E-state index is 12.4. The van der Waals surface area contributed by atoms with Gasteiger partial charge in [-0.3, -0.25) is 4.79 Å². The second-order valence-corrected chi connectivity index (χ2v) is 8.34. The number of nitrogens with one attached hydrogen (secondary N) is 1. The van der Waals surface area contributed by atoms with Crippen LogP contribution in [0.1, 0.15) is 60.9 Å². The third kappa shape index (κ3) is 5.14. The van der Waals surface area contributed by atoms with Crippen molar-refractivity contribution in [2.24, 2.45) is 0 Å². The molecule has 2 aromatic rings. The Bertz CT molecular complexity index is 738. The molecular weight excluding hydrogens is 338 g/mol. The molecule has 0 fully saturated rings. The summed E-state index contributed by atoms with van der Waals surface area (Å²) in [5.74, 6) is 0.962. The van der Waals surface area contributed by atoms with Crippen LogP contribution < -0.4 is 5.32 Å². The molecule has 0 radical (unpaired) electrons. The maximum Gasteiger partial charge on any atom is 0.221 e. The molecule has 0 saturated carbocycles. The fourth-order valence-corrected chi connectivity index (χ4v) is 4.41. The number of carbonyl (C=O) groups is 1. The molecule has 2 aromatic carbocycles. The molecule has 0 heterocycles. The Morgan fingerprint density at radius 3 is 2.54 bits per heavy atom. The molecule has 0 saturated heterocycles. The Kier molecular flexibility index (Phi) is 6.79. The van der Waals surface area contributed by atoms with Crippen molar-refractivity contribution in [2.45, 2.75) is 63.3 Å². The van der Waals surface area contributed by atoms with Crippen molar-refractivity contribution < 1.29 is 4.79 Å². The Balaban J connectivity index is 1.52. The molecule has 3 rings (SSSR count). The lowest BCUT2D eigenvalue weighted by molar-refractivity contribution is -0.121. The normalized spacial score (nSPS) is 14.5. The van der Waals surface area contributed by atoms with Crippen LogP contribution in [-0.4, -0.2) is 11.7 Å². The molecule has 1 N–H and O–H groups in total. The standard InChI is InChI=1S/C23H29NOS/c1-3-22(20-11-10-18-6-4-5-7-19(18)16-20)24-23(25)14-15-26-21-12-8-17(2)9-13-21/h8-13,16,22H,3-7,14-15H2,1-2H3,(H,24,25)/t22-/m0/s1. The van der Waals surface area contributed by atoms with Gasteiger partial charge in [-0.2, -0.15) is 0 Å². The number of aryl methyl sites for hydroxylation is 3. The maximum atomic E-state index is 12.4. The molecular formula is C23H29NOS. The third-order valence-electron chi connectivity index (χ3n) is 5.14. The van der Waals surface area contributed by atoms with Crippen molar-refractivity contribution in [1.29, 1.82) is 0 Å². The van der Waals surface area contributed by atoms with E-state index >= 15 is 0 Å². The number of benzene rings is 2. The van der Waals surface area contributed by atoms with Crippen LogP contribution in [0.2, 0.25) is 0 Å². The van der Waals surface area contributed by atoms with E-state index in [-0.39, 0.29) is 11.9 Å². The molecule has 0 aromatic heterocycles. The van der Waals surface area contributed by atoms with Gasteiger partial charge in [-0.1, -0.05) is 42.8 Å². The van der Waals surface area contributed by atoms with Crippen LogP contribution in [0.15, 0.2) is 47.4 Å². The molecule has 3 heteroatoms. The average molecular weight is 368 g/mol. The highest BCUT2D eigenvalue weighted by Gasteiger charge is 2.16. The lowest BCUT2D eigenvalue weighted by Gasteiger charge is -2.21. The van der Waals surface area contributed by atoms with Gasteiger partial charge in [-0.25, -0.2) is 0 Å². The lowest BCUT2D eigenvalue weighted by atomic mass is 9.89. The van der Waals surface area contributed by atoms with Crippen molar-refractivity contribution in [3.05, 3.63) is 64.7 Å². The zero-order chi connectivity index (χ0) is 18.4. The zero-order valence-electron chi connectivity index (χ0n) is 15.9. The first-order chi connectivity index (χ1) is 12.7. The van der Waals surface area contributed by atoms with Gasteiger partial charge in [0, 0.05) is 17.1 Å². The van der Waals surface area contributed by atoms with Gasteiger partial charge in [-0.15, -0.1) is 11.8 Å². The first-order valence-corrected chi connectivity index (χ1v) is 10.7. The van der Waals surface area contributed by atoms with Crippen molar-refractivity contribution >= 4 is 17.7 Å². The van der Waals surface area contributed by atoms with E-state index in [1.807, 2.05) is 0 Å². The van der Waals surface area contributed by atoms with Gasteiger partial charge < -0.3 is 5.32 Å². The molecule has 0 spiro atoms. The smallest absolute Gasteiger partial charge is 0.221 e. The number of fused-ring (bicyclic) bond motifs is 1. The van der Waals surface area contributed by atoms with E-state index in [1.165, 1.54) is 52.8 Å². The topological polar surface area (TPSA) is 29.1 Å². The molecule has 1 atom stereocenters. The van der Waals surface area contributed by atoms with Gasteiger partial charge in [0.25, 0.3) is 0 Å². The van der Waals surface area contributed by atoms with Crippen molar-refractivity contribution in [2.75, 3.05) is 5.75 Å². The highest BCUT2D eigenvalue weighted by molar-refractivity contribution is 7.99. The van der Waals surface area contributed by atoms with Crippen LogP contribution in [0.25, 0.3) is 0 Å². The summed E-state index contributed by atoms with van der Waals surface area (Å²) in [6.45, 7) is 4.24. The second kappa shape index (κ2) is 9.27. The Hall–Kier alpha value is -1.74. The minimum absolute atomic E-state index is 0.124. The van der Waals surface area contributed by atoms with Crippen LogP contribution in [0.5, 0.6) is 0 Å². The summed E-state index contributed by atoms with van der Waals surface area (Å²) in [6, 6.07) is 15.4. The van der Waals surface area contributed by atoms with Crippen LogP contribution >= 0.6 is 11.8 Å².